The lowest BCUT2D eigenvalue weighted by molar-refractivity contribution is -0.135. The minimum Gasteiger partial charge on any atom is -0.376 e. The van der Waals surface area contributed by atoms with Gasteiger partial charge in [-0.15, -0.1) is 0 Å². The van der Waals surface area contributed by atoms with Crippen LogP contribution in [0.4, 0.5) is 4.39 Å². The molecule has 1 aromatic rings. The Hall–Kier alpha value is -0.970. The van der Waals surface area contributed by atoms with E-state index in [0.29, 0.717) is 25.4 Å². The maximum Gasteiger partial charge on any atom is 0.128 e. The van der Waals surface area contributed by atoms with Gasteiger partial charge in [0.1, 0.15) is 11.9 Å². The number of ether oxygens (including phenoxy) is 2. The standard InChI is InChI=1S/C14H20FNO2/c1-2-5-16-7-11-3-4-14(15)12(6-11)8-18-13-9-17-10-13/h3-4,6,13,16H,2,5,7-10H2,1H3. The summed E-state index contributed by atoms with van der Waals surface area (Å²) in [6.07, 6.45) is 1.23. The molecule has 100 valence electrons. The Labute approximate surface area is 107 Å². The lowest BCUT2D eigenvalue weighted by Crippen LogP contribution is -2.35. The third-order valence-electron chi connectivity index (χ3n) is 2.95. The number of hydrogen-bond donors (Lipinski definition) is 1. The highest BCUT2D eigenvalue weighted by atomic mass is 19.1. The van der Waals surface area contributed by atoms with Crippen LogP contribution in [0.5, 0.6) is 0 Å². The van der Waals surface area contributed by atoms with Gasteiger partial charge in [-0.1, -0.05) is 13.0 Å². The molecule has 0 atom stereocenters. The number of rotatable bonds is 7. The highest BCUT2D eigenvalue weighted by Gasteiger charge is 2.19. The zero-order chi connectivity index (χ0) is 12.8. The van der Waals surface area contributed by atoms with Crippen LogP contribution in [0.3, 0.4) is 0 Å². The predicted octanol–water partition coefficient (Wildman–Crippen LogP) is 2.24. The SMILES string of the molecule is CCCNCc1ccc(F)c(COC2COC2)c1. The summed E-state index contributed by atoms with van der Waals surface area (Å²) in [5.41, 5.74) is 1.71. The lowest BCUT2D eigenvalue weighted by Gasteiger charge is -2.26. The van der Waals surface area contributed by atoms with Gasteiger partial charge in [0, 0.05) is 12.1 Å². The molecule has 1 heterocycles. The van der Waals surface area contributed by atoms with Gasteiger partial charge < -0.3 is 14.8 Å². The molecule has 1 aliphatic rings. The van der Waals surface area contributed by atoms with Gasteiger partial charge in [-0.25, -0.2) is 4.39 Å². The van der Waals surface area contributed by atoms with Crippen molar-refractivity contribution in [1.82, 2.24) is 5.32 Å². The van der Waals surface area contributed by atoms with Crippen molar-refractivity contribution in [2.24, 2.45) is 0 Å². The minimum atomic E-state index is -0.200. The van der Waals surface area contributed by atoms with E-state index in [1.807, 2.05) is 12.1 Å². The molecular formula is C14H20FNO2. The number of halogens is 1. The van der Waals surface area contributed by atoms with Crippen LogP contribution in [0.25, 0.3) is 0 Å². The van der Waals surface area contributed by atoms with Crippen LogP contribution >= 0.6 is 0 Å². The molecule has 1 saturated heterocycles. The lowest BCUT2D eigenvalue weighted by atomic mass is 10.1. The van der Waals surface area contributed by atoms with E-state index >= 15 is 0 Å². The fraction of sp³-hybridized carbons (Fsp3) is 0.571. The fourth-order valence-electron chi connectivity index (χ4n) is 1.78. The second kappa shape index (κ2) is 6.83. The first-order valence-corrected chi connectivity index (χ1v) is 6.47. The summed E-state index contributed by atoms with van der Waals surface area (Å²) in [5, 5.41) is 3.30. The van der Waals surface area contributed by atoms with Crippen molar-refractivity contribution in [1.29, 1.82) is 0 Å². The number of hydrogen-bond acceptors (Lipinski definition) is 3. The second-order valence-electron chi connectivity index (χ2n) is 4.57. The molecule has 0 radical (unpaired) electrons. The molecule has 3 nitrogen and oxygen atoms in total. The maximum atomic E-state index is 13.6. The Kier molecular flexibility index (Phi) is 5.11. The molecule has 0 aliphatic carbocycles. The molecular weight excluding hydrogens is 233 g/mol. The van der Waals surface area contributed by atoms with Crippen LogP contribution in [0.1, 0.15) is 24.5 Å². The summed E-state index contributed by atoms with van der Waals surface area (Å²) in [5.74, 6) is -0.200. The van der Waals surface area contributed by atoms with Crippen molar-refractivity contribution in [2.75, 3.05) is 19.8 Å². The highest BCUT2D eigenvalue weighted by Crippen LogP contribution is 2.15. The Bertz CT molecular complexity index is 380. The molecule has 0 bridgehead atoms. The van der Waals surface area contributed by atoms with E-state index in [1.54, 1.807) is 0 Å². The average Bonchev–Trinajstić information content (AvgIpc) is 2.31. The molecule has 0 amide bonds. The van der Waals surface area contributed by atoms with Gasteiger partial charge in [0.05, 0.1) is 19.8 Å². The first-order valence-electron chi connectivity index (χ1n) is 6.47. The summed E-state index contributed by atoms with van der Waals surface area (Å²) < 4.78 is 24.2. The van der Waals surface area contributed by atoms with E-state index in [1.165, 1.54) is 6.07 Å². The van der Waals surface area contributed by atoms with E-state index in [-0.39, 0.29) is 11.9 Å². The van der Waals surface area contributed by atoms with Gasteiger partial charge in [0.2, 0.25) is 0 Å². The van der Waals surface area contributed by atoms with Gasteiger partial charge >= 0.3 is 0 Å². The molecule has 4 heteroatoms. The molecule has 0 unspecified atom stereocenters. The summed E-state index contributed by atoms with van der Waals surface area (Å²) >= 11 is 0. The molecule has 18 heavy (non-hydrogen) atoms. The largest absolute Gasteiger partial charge is 0.376 e. The van der Waals surface area contributed by atoms with E-state index in [0.717, 1.165) is 25.1 Å². The van der Waals surface area contributed by atoms with Crippen LogP contribution in [0.2, 0.25) is 0 Å². The van der Waals surface area contributed by atoms with Gasteiger partial charge in [-0.2, -0.15) is 0 Å². The topological polar surface area (TPSA) is 30.5 Å². The van der Waals surface area contributed by atoms with E-state index in [2.05, 4.69) is 12.2 Å². The van der Waals surface area contributed by atoms with Gasteiger partial charge in [-0.3, -0.25) is 0 Å². The van der Waals surface area contributed by atoms with Crippen molar-refractivity contribution in [3.63, 3.8) is 0 Å². The molecule has 1 aromatic carbocycles. The van der Waals surface area contributed by atoms with Crippen LogP contribution in [-0.2, 0) is 22.6 Å². The Morgan fingerprint density at radius 2 is 2.28 bits per heavy atom. The van der Waals surface area contributed by atoms with Crippen molar-refractivity contribution in [3.05, 3.63) is 35.1 Å². The summed E-state index contributed by atoms with van der Waals surface area (Å²) in [6.45, 7) is 5.44. The maximum absolute atomic E-state index is 13.6. The predicted molar refractivity (Wildman–Crippen MR) is 67.8 cm³/mol. The van der Waals surface area contributed by atoms with Crippen molar-refractivity contribution in [3.8, 4) is 0 Å². The Balaban J connectivity index is 1.88. The molecule has 0 aromatic heterocycles. The minimum absolute atomic E-state index is 0.131. The van der Waals surface area contributed by atoms with E-state index in [9.17, 15) is 4.39 Å². The quantitative estimate of drug-likeness (QED) is 0.756. The van der Waals surface area contributed by atoms with Gasteiger partial charge in [0.15, 0.2) is 0 Å². The number of nitrogens with one attached hydrogen (secondary N) is 1. The van der Waals surface area contributed by atoms with Crippen LogP contribution in [0, 0.1) is 5.82 Å². The van der Waals surface area contributed by atoms with E-state index < -0.39 is 0 Å². The second-order valence-corrected chi connectivity index (χ2v) is 4.57. The third-order valence-corrected chi connectivity index (χ3v) is 2.95. The Morgan fingerprint density at radius 1 is 1.44 bits per heavy atom. The monoisotopic (exact) mass is 253 g/mol. The molecule has 1 fully saturated rings. The summed E-state index contributed by atoms with van der Waals surface area (Å²) in [4.78, 5) is 0. The molecule has 1 N–H and O–H groups in total. The summed E-state index contributed by atoms with van der Waals surface area (Å²) in [6, 6.07) is 5.20. The van der Waals surface area contributed by atoms with Crippen molar-refractivity contribution >= 4 is 0 Å². The number of benzene rings is 1. The Morgan fingerprint density at radius 3 is 2.94 bits per heavy atom. The normalized spacial score (nSPS) is 15.7. The third kappa shape index (κ3) is 3.77. The molecule has 0 saturated carbocycles. The van der Waals surface area contributed by atoms with Crippen LogP contribution in [0.15, 0.2) is 18.2 Å². The van der Waals surface area contributed by atoms with Crippen molar-refractivity contribution in [2.45, 2.75) is 32.6 Å². The molecule has 2 rings (SSSR count). The molecule has 0 spiro atoms. The van der Waals surface area contributed by atoms with Crippen molar-refractivity contribution < 1.29 is 13.9 Å². The zero-order valence-electron chi connectivity index (χ0n) is 10.7. The van der Waals surface area contributed by atoms with Gasteiger partial charge in [-0.05, 0) is 30.7 Å². The van der Waals surface area contributed by atoms with Gasteiger partial charge in [0.25, 0.3) is 0 Å². The highest BCUT2D eigenvalue weighted by molar-refractivity contribution is 5.24. The fourth-order valence-corrected chi connectivity index (χ4v) is 1.78. The molecule has 1 aliphatic heterocycles. The zero-order valence-corrected chi connectivity index (χ0v) is 10.7. The first kappa shape index (κ1) is 13.5. The smallest absolute Gasteiger partial charge is 0.128 e. The summed E-state index contributed by atoms with van der Waals surface area (Å²) in [7, 11) is 0. The average molecular weight is 253 g/mol. The first-order chi connectivity index (χ1) is 8.79. The van der Waals surface area contributed by atoms with Crippen LogP contribution in [-0.4, -0.2) is 25.9 Å². The van der Waals surface area contributed by atoms with E-state index in [4.69, 9.17) is 9.47 Å². The van der Waals surface area contributed by atoms with Crippen LogP contribution < -0.4 is 5.32 Å².